The number of anilines is 2. The molecule has 0 aliphatic heterocycles. The molecule has 34 heavy (non-hydrogen) atoms. The van der Waals surface area contributed by atoms with Gasteiger partial charge in [0.2, 0.25) is 5.95 Å². The van der Waals surface area contributed by atoms with Gasteiger partial charge in [0.05, 0.1) is 6.04 Å². The highest BCUT2D eigenvalue weighted by molar-refractivity contribution is 7.98. The first-order chi connectivity index (χ1) is 16.4. The van der Waals surface area contributed by atoms with Gasteiger partial charge in [-0.3, -0.25) is 4.79 Å². The first-order valence-corrected chi connectivity index (χ1v) is 13.1. The summed E-state index contributed by atoms with van der Waals surface area (Å²) in [6.07, 6.45) is 2.07. The Bertz CT molecular complexity index is 1280. The lowest BCUT2D eigenvalue weighted by molar-refractivity contribution is 0.102. The maximum Gasteiger partial charge on any atom is 0.256 e. The van der Waals surface area contributed by atoms with Crippen molar-refractivity contribution >= 4 is 40.0 Å². The lowest BCUT2D eigenvalue weighted by atomic mass is 9.96. The van der Waals surface area contributed by atoms with Gasteiger partial charge >= 0.3 is 0 Å². The largest absolute Gasteiger partial charge is 0.343 e. The zero-order valence-electron chi connectivity index (χ0n) is 20.0. The van der Waals surface area contributed by atoms with Gasteiger partial charge in [-0.2, -0.15) is 0 Å². The first kappa shape index (κ1) is 24.0. The molecule has 5 nitrogen and oxygen atoms in total. The van der Waals surface area contributed by atoms with Gasteiger partial charge in [0.1, 0.15) is 5.00 Å². The summed E-state index contributed by atoms with van der Waals surface area (Å²) in [5, 5.41) is 7.56. The lowest BCUT2D eigenvalue weighted by Crippen LogP contribution is -2.19. The number of benzene rings is 2. The summed E-state index contributed by atoms with van der Waals surface area (Å²) in [5.74, 6) is 0.447. The van der Waals surface area contributed by atoms with E-state index >= 15 is 0 Å². The SMILES string of the molecule is CSc1ccc(C(Nc2nc(C)cc(C)n2)c2c(NC(=O)c3ccccc3)sc(C)c2C)cc1. The van der Waals surface area contributed by atoms with Crippen LogP contribution in [0.1, 0.15) is 49.4 Å². The van der Waals surface area contributed by atoms with E-state index in [1.807, 2.05) is 50.2 Å². The maximum absolute atomic E-state index is 13.0. The van der Waals surface area contributed by atoms with Crippen LogP contribution in [0.2, 0.25) is 0 Å². The number of amides is 1. The average Bonchev–Trinajstić information content (AvgIpc) is 3.10. The van der Waals surface area contributed by atoms with Gasteiger partial charge in [-0.1, -0.05) is 30.3 Å². The van der Waals surface area contributed by atoms with Gasteiger partial charge in [-0.25, -0.2) is 9.97 Å². The predicted molar refractivity (Wildman–Crippen MR) is 143 cm³/mol. The molecular weight excluding hydrogens is 460 g/mol. The molecule has 0 saturated carbocycles. The van der Waals surface area contributed by atoms with Crippen LogP contribution >= 0.6 is 23.1 Å². The molecule has 0 saturated heterocycles. The van der Waals surface area contributed by atoms with E-state index in [4.69, 9.17) is 0 Å². The van der Waals surface area contributed by atoms with Crippen LogP contribution < -0.4 is 10.6 Å². The van der Waals surface area contributed by atoms with Gasteiger partial charge in [-0.05, 0) is 75.4 Å². The number of thioether (sulfide) groups is 1. The number of aromatic nitrogens is 2. The van der Waals surface area contributed by atoms with Crippen LogP contribution in [0.3, 0.4) is 0 Å². The Labute approximate surface area is 209 Å². The van der Waals surface area contributed by atoms with Crippen LogP contribution in [0, 0.1) is 27.7 Å². The average molecular weight is 489 g/mol. The van der Waals surface area contributed by atoms with Crippen molar-refractivity contribution in [1.29, 1.82) is 0 Å². The number of hydrogen-bond acceptors (Lipinski definition) is 6. The number of nitrogens with one attached hydrogen (secondary N) is 2. The van der Waals surface area contributed by atoms with Crippen LogP contribution in [0.5, 0.6) is 0 Å². The quantitative estimate of drug-likeness (QED) is 0.276. The molecule has 1 unspecified atom stereocenters. The minimum atomic E-state index is -0.229. The predicted octanol–water partition coefficient (Wildman–Crippen LogP) is 6.95. The topological polar surface area (TPSA) is 66.9 Å². The molecule has 2 aromatic carbocycles. The summed E-state index contributed by atoms with van der Waals surface area (Å²) in [5.41, 5.74) is 5.69. The second kappa shape index (κ2) is 10.4. The van der Waals surface area contributed by atoms with Crippen molar-refractivity contribution in [3.63, 3.8) is 0 Å². The highest BCUT2D eigenvalue weighted by Gasteiger charge is 2.25. The Morgan fingerprint density at radius 2 is 1.59 bits per heavy atom. The van der Waals surface area contributed by atoms with Crippen LogP contribution in [-0.2, 0) is 0 Å². The number of hydrogen-bond donors (Lipinski definition) is 2. The number of nitrogens with zero attached hydrogens (tertiary/aromatic N) is 2. The molecule has 174 valence electrons. The molecule has 4 aromatic rings. The van der Waals surface area contributed by atoms with E-state index < -0.39 is 0 Å². The van der Waals surface area contributed by atoms with Crippen LogP contribution in [-0.4, -0.2) is 22.1 Å². The van der Waals surface area contributed by atoms with E-state index in [9.17, 15) is 4.79 Å². The molecule has 4 rings (SSSR count). The Kier molecular flexibility index (Phi) is 7.34. The third-order valence-corrected chi connectivity index (χ3v) is 7.57. The van der Waals surface area contributed by atoms with E-state index in [1.165, 1.54) is 4.90 Å². The van der Waals surface area contributed by atoms with Crippen molar-refractivity contribution in [2.45, 2.75) is 38.6 Å². The monoisotopic (exact) mass is 488 g/mol. The maximum atomic E-state index is 13.0. The molecule has 0 aliphatic carbocycles. The second-order valence-electron chi connectivity index (χ2n) is 8.17. The summed E-state index contributed by atoms with van der Waals surface area (Å²) in [6.45, 7) is 8.12. The molecule has 2 N–H and O–H groups in total. The summed E-state index contributed by atoms with van der Waals surface area (Å²) >= 11 is 3.30. The standard InChI is InChI=1S/C27H28N4OS2/c1-16-15-17(2)29-27(28-16)30-24(20-11-13-22(33-5)14-12-20)23-18(3)19(4)34-26(23)31-25(32)21-9-7-6-8-10-21/h6-15,24H,1-5H3,(H,31,32)(H,28,29,30). The zero-order chi connectivity index (χ0) is 24.2. The summed E-state index contributed by atoms with van der Waals surface area (Å²) in [6, 6.07) is 19.5. The van der Waals surface area contributed by atoms with Gasteiger partial charge in [0.25, 0.3) is 5.91 Å². The van der Waals surface area contributed by atoms with Gasteiger partial charge < -0.3 is 10.6 Å². The molecule has 0 spiro atoms. The van der Waals surface area contributed by atoms with E-state index in [1.54, 1.807) is 23.1 Å². The molecular formula is C27H28N4OS2. The normalized spacial score (nSPS) is 11.8. The number of carbonyl (C=O) groups excluding carboxylic acids is 1. The fourth-order valence-corrected chi connectivity index (χ4v) is 5.39. The summed E-state index contributed by atoms with van der Waals surface area (Å²) < 4.78 is 0. The van der Waals surface area contributed by atoms with Crippen LogP contribution in [0.15, 0.2) is 65.6 Å². The van der Waals surface area contributed by atoms with Gasteiger partial charge in [0, 0.05) is 32.3 Å². The first-order valence-electron chi connectivity index (χ1n) is 11.0. The lowest BCUT2D eigenvalue weighted by Gasteiger charge is -2.22. The van der Waals surface area contributed by atoms with E-state index in [-0.39, 0.29) is 11.9 Å². The molecule has 0 fully saturated rings. The minimum Gasteiger partial charge on any atom is -0.343 e. The van der Waals surface area contributed by atoms with Gasteiger partial charge in [0.15, 0.2) is 0 Å². The zero-order valence-corrected chi connectivity index (χ0v) is 21.6. The molecule has 0 bridgehead atoms. The summed E-state index contributed by atoms with van der Waals surface area (Å²) in [4.78, 5) is 24.6. The smallest absolute Gasteiger partial charge is 0.256 e. The van der Waals surface area contributed by atoms with E-state index in [2.05, 4.69) is 65.0 Å². The Morgan fingerprint density at radius 3 is 2.21 bits per heavy atom. The fraction of sp³-hybridized carbons (Fsp3) is 0.222. The molecule has 1 atom stereocenters. The van der Waals surface area contributed by atoms with Crippen molar-refractivity contribution in [3.8, 4) is 0 Å². The molecule has 2 heterocycles. The van der Waals surface area contributed by atoms with Crippen molar-refractivity contribution in [3.05, 3.63) is 99.2 Å². The number of rotatable bonds is 7. The molecule has 2 aromatic heterocycles. The minimum absolute atomic E-state index is 0.123. The molecule has 7 heteroatoms. The number of aryl methyl sites for hydroxylation is 3. The number of thiophene rings is 1. The number of carbonyl (C=O) groups is 1. The summed E-state index contributed by atoms with van der Waals surface area (Å²) in [7, 11) is 0. The molecule has 0 radical (unpaired) electrons. The highest BCUT2D eigenvalue weighted by atomic mass is 32.2. The van der Waals surface area contributed by atoms with Crippen LogP contribution in [0.4, 0.5) is 10.9 Å². The Hall–Kier alpha value is -3.16. The fourth-order valence-electron chi connectivity index (χ4n) is 3.89. The van der Waals surface area contributed by atoms with Crippen molar-refractivity contribution in [1.82, 2.24) is 9.97 Å². The molecule has 0 aliphatic rings. The third kappa shape index (κ3) is 5.32. The van der Waals surface area contributed by atoms with Gasteiger partial charge in [-0.15, -0.1) is 23.1 Å². The van der Waals surface area contributed by atoms with Crippen molar-refractivity contribution in [2.75, 3.05) is 16.9 Å². The van der Waals surface area contributed by atoms with E-state index in [0.29, 0.717) is 11.5 Å². The van der Waals surface area contributed by atoms with E-state index in [0.717, 1.165) is 38.0 Å². The Balaban J connectivity index is 1.79. The van der Waals surface area contributed by atoms with Crippen molar-refractivity contribution in [2.24, 2.45) is 0 Å². The van der Waals surface area contributed by atoms with Crippen LogP contribution in [0.25, 0.3) is 0 Å². The second-order valence-corrected chi connectivity index (χ2v) is 10.3. The Morgan fingerprint density at radius 1 is 0.941 bits per heavy atom. The third-order valence-electron chi connectivity index (χ3n) is 5.69. The van der Waals surface area contributed by atoms with Crippen molar-refractivity contribution < 1.29 is 4.79 Å². The molecule has 1 amide bonds. The highest BCUT2D eigenvalue weighted by Crippen LogP contribution is 2.41.